The van der Waals surface area contributed by atoms with Crippen molar-refractivity contribution < 1.29 is 27.0 Å². The summed E-state index contributed by atoms with van der Waals surface area (Å²) in [6.45, 7) is 0.0302. The van der Waals surface area contributed by atoms with Crippen LogP contribution in [0.5, 0.6) is 0 Å². The van der Waals surface area contributed by atoms with Crippen molar-refractivity contribution in [2.45, 2.75) is 35.5 Å². The molecular formula is C15H20F2N2O4S. The van der Waals surface area contributed by atoms with E-state index in [-0.39, 0.29) is 37.6 Å². The molecule has 0 radical (unpaired) electrons. The van der Waals surface area contributed by atoms with Gasteiger partial charge in [-0.25, -0.2) is 21.9 Å². The quantitative estimate of drug-likeness (QED) is 0.794. The third-order valence-electron chi connectivity index (χ3n) is 4.33. The van der Waals surface area contributed by atoms with Gasteiger partial charge in [0.05, 0.1) is 36.3 Å². The van der Waals surface area contributed by atoms with Crippen LogP contribution >= 0.6 is 0 Å². The second-order valence-electron chi connectivity index (χ2n) is 6.24. The highest BCUT2D eigenvalue weighted by Gasteiger charge is 2.43. The van der Waals surface area contributed by atoms with E-state index in [0.717, 1.165) is 0 Å². The predicted molar refractivity (Wildman–Crippen MR) is 82.3 cm³/mol. The molecule has 0 bridgehead atoms. The lowest BCUT2D eigenvalue weighted by Crippen LogP contribution is -2.46. The van der Waals surface area contributed by atoms with Crippen LogP contribution in [-0.4, -0.2) is 68.8 Å². The minimum Gasteiger partial charge on any atom is -0.389 e. The van der Waals surface area contributed by atoms with E-state index in [2.05, 4.69) is 4.72 Å². The fraction of sp³-hybridized carbons (Fsp3) is 0.600. The average Bonchev–Trinajstić information content (AvgIpc) is 3.04. The van der Waals surface area contributed by atoms with Crippen molar-refractivity contribution in [3.05, 3.63) is 30.3 Å². The maximum atomic E-state index is 13.2. The molecule has 0 spiro atoms. The molecule has 2 saturated heterocycles. The van der Waals surface area contributed by atoms with Gasteiger partial charge in [0.2, 0.25) is 10.0 Å². The Kier molecular flexibility index (Phi) is 4.89. The van der Waals surface area contributed by atoms with Crippen molar-refractivity contribution in [3.63, 3.8) is 0 Å². The summed E-state index contributed by atoms with van der Waals surface area (Å²) in [5.41, 5.74) is 0. The van der Waals surface area contributed by atoms with Gasteiger partial charge in [-0.3, -0.25) is 4.90 Å². The number of likely N-dealkylation sites (tertiary alicyclic amines) is 1. The van der Waals surface area contributed by atoms with Gasteiger partial charge in [0.1, 0.15) is 0 Å². The first kappa shape index (κ1) is 17.7. The normalized spacial score (nSPS) is 30.7. The summed E-state index contributed by atoms with van der Waals surface area (Å²) in [6, 6.07) is 7.01. The van der Waals surface area contributed by atoms with Crippen LogP contribution < -0.4 is 4.72 Å². The number of benzene rings is 1. The summed E-state index contributed by atoms with van der Waals surface area (Å²) >= 11 is 0. The van der Waals surface area contributed by atoms with Crippen molar-refractivity contribution in [2.24, 2.45) is 0 Å². The van der Waals surface area contributed by atoms with Crippen LogP contribution in [0, 0.1) is 0 Å². The van der Waals surface area contributed by atoms with Gasteiger partial charge < -0.3 is 9.84 Å². The van der Waals surface area contributed by atoms with Crippen molar-refractivity contribution in [1.82, 2.24) is 9.62 Å². The molecule has 2 N–H and O–H groups in total. The van der Waals surface area contributed by atoms with Gasteiger partial charge in [-0.1, -0.05) is 18.2 Å². The van der Waals surface area contributed by atoms with Gasteiger partial charge in [0.15, 0.2) is 0 Å². The molecule has 0 saturated carbocycles. The highest BCUT2D eigenvalue weighted by atomic mass is 32.2. The standard InChI is InChI=1S/C15H20F2N2O4S/c16-15(17)6-7-19(10-15)8-13-14(20)12(9-23-13)18-24(21,22)11-4-2-1-3-5-11/h1-5,12-14,18,20H,6-10H2/t12-,13-,14+/m0/s1. The zero-order chi connectivity index (χ0) is 17.4. The zero-order valence-electron chi connectivity index (χ0n) is 12.9. The number of nitrogens with one attached hydrogen (secondary N) is 1. The summed E-state index contributed by atoms with van der Waals surface area (Å²) in [5.74, 6) is -2.71. The van der Waals surface area contributed by atoms with Crippen molar-refractivity contribution in [2.75, 3.05) is 26.2 Å². The topological polar surface area (TPSA) is 78.9 Å². The maximum absolute atomic E-state index is 13.2. The van der Waals surface area contributed by atoms with E-state index < -0.39 is 34.2 Å². The average molecular weight is 362 g/mol. The third kappa shape index (κ3) is 3.92. The molecule has 9 heteroatoms. The molecular weight excluding hydrogens is 342 g/mol. The van der Waals surface area contributed by atoms with Crippen LogP contribution in [0.15, 0.2) is 35.2 Å². The maximum Gasteiger partial charge on any atom is 0.261 e. The predicted octanol–water partition coefficient (Wildman–Crippen LogP) is 0.434. The lowest BCUT2D eigenvalue weighted by atomic mass is 10.1. The first-order valence-corrected chi connectivity index (χ1v) is 9.22. The lowest BCUT2D eigenvalue weighted by molar-refractivity contribution is -0.00722. The third-order valence-corrected chi connectivity index (χ3v) is 5.84. The summed E-state index contributed by atoms with van der Waals surface area (Å²) in [5, 5.41) is 10.3. The number of ether oxygens (including phenoxy) is 1. The molecule has 0 aliphatic carbocycles. The molecule has 2 fully saturated rings. The van der Waals surface area contributed by atoms with E-state index >= 15 is 0 Å². The van der Waals surface area contributed by atoms with Gasteiger partial charge in [-0.15, -0.1) is 0 Å². The van der Waals surface area contributed by atoms with E-state index in [1.165, 1.54) is 17.0 Å². The number of hydrogen-bond donors (Lipinski definition) is 2. The van der Waals surface area contributed by atoms with E-state index in [1.54, 1.807) is 18.2 Å². The van der Waals surface area contributed by atoms with Gasteiger partial charge in [-0.2, -0.15) is 0 Å². The van der Waals surface area contributed by atoms with Gasteiger partial charge in [0, 0.05) is 19.5 Å². The molecule has 1 aromatic rings. The Balaban J connectivity index is 1.59. The Morgan fingerprint density at radius 2 is 2.04 bits per heavy atom. The van der Waals surface area contributed by atoms with Gasteiger partial charge in [0.25, 0.3) is 5.92 Å². The first-order chi connectivity index (χ1) is 11.3. The summed E-state index contributed by atoms with van der Waals surface area (Å²) in [4.78, 5) is 1.63. The number of halogens is 2. The van der Waals surface area contributed by atoms with Crippen LogP contribution in [0.2, 0.25) is 0 Å². The number of alkyl halides is 2. The summed E-state index contributed by atoms with van der Waals surface area (Å²) in [7, 11) is -3.77. The van der Waals surface area contributed by atoms with Crippen molar-refractivity contribution >= 4 is 10.0 Å². The molecule has 0 aromatic heterocycles. The fourth-order valence-electron chi connectivity index (χ4n) is 3.03. The van der Waals surface area contributed by atoms with Crippen LogP contribution in [-0.2, 0) is 14.8 Å². The molecule has 0 unspecified atom stereocenters. The molecule has 3 rings (SSSR count). The smallest absolute Gasteiger partial charge is 0.261 e. The molecule has 2 aliphatic rings. The number of aliphatic hydroxyl groups excluding tert-OH is 1. The van der Waals surface area contributed by atoms with E-state index in [0.29, 0.717) is 0 Å². The Bertz CT molecular complexity index is 671. The second-order valence-corrected chi connectivity index (χ2v) is 7.96. The SMILES string of the molecule is O=S(=O)(N[C@H]1CO[C@@H](CN2CCC(F)(F)C2)[C@@H]1O)c1ccccc1. The molecule has 134 valence electrons. The Hall–Kier alpha value is -1.13. The second kappa shape index (κ2) is 6.64. The van der Waals surface area contributed by atoms with E-state index in [4.69, 9.17) is 4.74 Å². The molecule has 2 aliphatic heterocycles. The van der Waals surface area contributed by atoms with Crippen LogP contribution in [0.25, 0.3) is 0 Å². The number of hydrogen-bond acceptors (Lipinski definition) is 5. The Labute approximate surface area is 139 Å². The van der Waals surface area contributed by atoms with E-state index in [9.17, 15) is 22.3 Å². The monoisotopic (exact) mass is 362 g/mol. The first-order valence-electron chi connectivity index (χ1n) is 7.74. The number of aliphatic hydroxyl groups is 1. The van der Waals surface area contributed by atoms with Crippen LogP contribution in [0.1, 0.15) is 6.42 Å². The zero-order valence-corrected chi connectivity index (χ0v) is 13.8. The highest BCUT2D eigenvalue weighted by Crippen LogP contribution is 2.28. The Morgan fingerprint density at radius 1 is 1.33 bits per heavy atom. The number of nitrogens with zero attached hydrogens (tertiary/aromatic N) is 1. The minimum atomic E-state index is -3.77. The fourth-order valence-corrected chi connectivity index (χ4v) is 4.29. The molecule has 6 nitrogen and oxygen atoms in total. The van der Waals surface area contributed by atoms with Crippen LogP contribution in [0.4, 0.5) is 8.78 Å². The molecule has 1 aromatic carbocycles. The van der Waals surface area contributed by atoms with Gasteiger partial charge in [-0.05, 0) is 12.1 Å². The van der Waals surface area contributed by atoms with Crippen molar-refractivity contribution in [1.29, 1.82) is 0 Å². The summed E-state index contributed by atoms with van der Waals surface area (Å²) in [6.07, 6.45) is -1.99. The minimum absolute atomic E-state index is 0.00211. The molecule has 0 amide bonds. The molecule has 3 atom stereocenters. The van der Waals surface area contributed by atoms with Crippen molar-refractivity contribution in [3.8, 4) is 0 Å². The summed E-state index contributed by atoms with van der Waals surface area (Å²) < 4.78 is 58.8. The largest absolute Gasteiger partial charge is 0.389 e. The highest BCUT2D eigenvalue weighted by molar-refractivity contribution is 7.89. The molecule has 24 heavy (non-hydrogen) atoms. The Morgan fingerprint density at radius 3 is 2.67 bits per heavy atom. The number of rotatable bonds is 5. The van der Waals surface area contributed by atoms with Crippen LogP contribution in [0.3, 0.4) is 0 Å². The van der Waals surface area contributed by atoms with E-state index in [1.807, 2.05) is 0 Å². The van der Waals surface area contributed by atoms with Gasteiger partial charge >= 0.3 is 0 Å². The number of sulfonamides is 1. The lowest BCUT2D eigenvalue weighted by Gasteiger charge is -2.23. The molecule has 2 heterocycles.